The topological polar surface area (TPSA) is 32.8 Å². The molecule has 54 heavy (non-hydrogen) atoms. The molecule has 254 valence electrons. The zero-order valence-corrected chi connectivity index (χ0v) is 29.2. The molecule has 9 aromatic carbocycles. The van der Waals surface area contributed by atoms with Gasteiger partial charge >= 0.3 is 0 Å². The maximum atomic E-state index is 7.18. The van der Waals surface area contributed by atoms with Gasteiger partial charge in [-0.3, -0.25) is 0 Å². The van der Waals surface area contributed by atoms with Crippen molar-refractivity contribution in [3.63, 3.8) is 0 Å². The van der Waals surface area contributed by atoms with Crippen LogP contribution in [0.5, 0.6) is 0 Å². The van der Waals surface area contributed by atoms with Crippen molar-refractivity contribution in [3.8, 4) is 0 Å². The van der Waals surface area contributed by atoms with E-state index in [1.54, 1.807) is 0 Å². The van der Waals surface area contributed by atoms with Crippen molar-refractivity contribution in [1.29, 1.82) is 0 Å². The van der Waals surface area contributed by atoms with Gasteiger partial charge < -0.3 is 18.6 Å². The van der Waals surface area contributed by atoms with Crippen LogP contribution in [-0.2, 0) is 0 Å². The van der Waals surface area contributed by atoms with E-state index in [2.05, 4.69) is 192 Å². The Morgan fingerprint density at radius 2 is 0.759 bits per heavy atom. The Labute approximate surface area is 311 Å². The molecule has 0 radical (unpaired) electrons. The fourth-order valence-electron chi connectivity index (χ4n) is 8.06. The highest BCUT2D eigenvalue weighted by Gasteiger charge is 2.24. The molecule has 0 aliphatic heterocycles. The highest BCUT2D eigenvalue weighted by molar-refractivity contribution is 6.15. The van der Waals surface area contributed by atoms with Crippen LogP contribution in [0.15, 0.2) is 203 Å². The third kappa shape index (κ3) is 4.85. The van der Waals surface area contributed by atoms with Crippen LogP contribution in [0, 0.1) is 0 Å². The van der Waals surface area contributed by atoms with Crippen molar-refractivity contribution in [3.05, 3.63) is 194 Å². The fraction of sp³-hybridized carbons (Fsp3) is 0. The molecule has 4 heteroatoms. The van der Waals surface area contributed by atoms with Gasteiger partial charge in [-0.15, -0.1) is 0 Å². The number of rotatable bonds is 6. The summed E-state index contributed by atoms with van der Waals surface area (Å²) < 4.78 is 13.4. The average Bonchev–Trinajstić information content (AvgIpc) is 3.81. The number of furan rings is 2. The van der Waals surface area contributed by atoms with Gasteiger partial charge in [0.25, 0.3) is 0 Å². The molecule has 4 nitrogen and oxygen atoms in total. The Morgan fingerprint density at radius 1 is 0.278 bits per heavy atom. The Bertz CT molecular complexity index is 3190. The largest absolute Gasteiger partial charge is 0.456 e. The van der Waals surface area contributed by atoms with Gasteiger partial charge in [0.15, 0.2) is 11.2 Å². The van der Waals surface area contributed by atoms with Crippen LogP contribution in [-0.4, -0.2) is 0 Å². The number of hydrogen-bond donors (Lipinski definition) is 0. The van der Waals surface area contributed by atoms with E-state index < -0.39 is 0 Å². The molecule has 11 rings (SSSR count). The predicted molar refractivity (Wildman–Crippen MR) is 225 cm³/mol. The highest BCUT2D eigenvalue weighted by Crippen LogP contribution is 2.47. The minimum absolute atomic E-state index is 0.816. The summed E-state index contributed by atoms with van der Waals surface area (Å²) in [6, 6.07) is 68.5. The van der Waals surface area contributed by atoms with E-state index in [9.17, 15) is 0 Å². The number of hydrogen-bond acceptors (Lipinski definition) is 4. The number of anilines is 6. The first-order valence-electron chi connectivity index (χ1n) is 18.3. The van der Waals surface area contributed by atoms with Crippen molar-refractivity contribution < 1.29 is 8.83 Å². The number of para-hydroxylation sites is 4. The molecule has 0 aliphatic rings. The van der Waals surface area contributed by atoms with Gasteiger partial charge in [0.05, 0.1) is 11.4 Å². The molecule has 0 spiro atoms. The van der Waals surface area contributed by atoms with Crippen molar-refractivity contribution in [1.82, 2.24) is 0 Å². The molecule has 0 N–H and O–H groups in total. The Hall–Kier alpha value is -7.30. The molecule has 0 atom stereocenters. The Morgan fingerprint density at radius 3 is 1.41 bits per heavy atom. The lowest BCUT2D eigenvalue weighted by atomic mass is 10.1. The molecule has 11 aromatic rings. The summed E-state index contributed by atoms with van der Waals surface area (Å²) in [5, 5.41) is 9.02. The average molecular weight is 693 g/mol. The van der Waals surface area contributed by atoms with Crippen LogP contribution in [0.4, 0.5) is 34.1 Å². The minimum Gasteiger partial charge on any atom is -0.456 e. The quantitative estimate of drug-likeness (QED) is 0.174. The summed E-state index contributed by atoms with van der Waals surface area (Å²) in [7, 11) is 0. The van der Waals surface area contributed by atoms with Crippen molar-refractivity contribution >= 4 is 99.5 Å². The lowest BCUT2D eigenvalue weighted by Crippen LogP contribution is -2.10. The van der Waals surface area contributed by atoms with E-state index in [-0.39, 0.29) is 0 Å². The van der Waals surface area contributed by atoms with Gasteiger partial charge in [-0.1, -0.05) is 121 Å². The summed E-state index contributed by atoms with van der Waals surface area (Å²) in [5.74, 6) is 0. The van der Waals surface area contributed by atoms with Crippen LogP contribution >= 0.6 is 0 Å². The number of nitrogens with zero attached hydrogens (tertiary/aromatic N) is 2. The first kappa shape index (κ1) is 30.3. The molecule has 0 saturated heterocycles. The first-order chi connectivity index (χ1) is 26.8. The maximum Gasteiger partial charge on any atom is 0.159 e. The summed E-state index contributed by atoms with van der Waals surface area (Å²) in [6.45, 7) is 0. The van der Waals surface area contributed by atoms with Crippen LogP contribution in [0.25, 0.3) is 65.4 Å². The summed E-state index contributed by atoms with van der Waals surface area (Å²) in [6.07, 6.45) is 0. The van der Waals surface area contributed by atoms with E-state index in [4.69, 9.17) is 8.83 Å². The monoisotopic (exact) mass is 692 g/mol. The van der Waals surface area contributed by atoms with Crippen LogP contribution in [0.3, 0.4) is 0 Å². The molecular weight excluding hydrogens is 661 g/mol. The SMILES string of the molecule is c1ccc(N(c2ccc3ccccc3c2)c2cccc3c2oc2c(N(c4ccc5ccccc5c4)c4ccc5oc6ccccc6c5c4)cccc23)cc1. The second kappa shape index (κ2) is 12.1. The molecule has 2 heterocycles. The zero-order chi connectivity index (χ0) is 35.6. The standard InChI is InChI=1S/C50H32N2O2/c1-2-16-37(17-3-1)51(38-26-24-33-12-4-6-14-35(33)30-38)45-21-10-19-42-43-20-11-22-46(50(43)54-49(42)45)52(39-27-25-34-13-5-7-15-36(34)31-39)40-28-29-48-44(32-40)41-18-8-9-23-47(41)53-48/h1-32H. The van der Waals surface area contributed by atoms with Gasteiger partial charge in [-0.05, 0) is 94.3 Å². The fourth-order valence-corrected chi connectivity index (χ4v) is 8.06. The molecule has 2 aromatic heterocycles. The molecular formula is C50H32N2O2. The van der Waals surface area contributed by atoms with Gasteiger partial charge in [0.1, 0.15) is 11.2 Å². The summed E-state index contributed by atoms with van der Waals surface area (Å²) >= 11 is 0. The lowest BCUT2D eigenvalue weighted by molar-refractivity contribution is 0.669. The van der Waals surface area contributed by atoms with Gasteiger partial charge in [-0.25, -0.2) is 0 Å². The third-order valence-corrected chi connectivity index (χ3v) is 10.6. The third-order valence-electron chi connectivity index (χ3n) is 10.6. The van der Waals surface area contributed by atoms with E-state index in [1.165, 1.54) is 21.5 Å². The minimum atomic E-state index is 0.816. The summed E-state index contributed by atoms with van der Waals surface area (Å²) in [4.78, 5) is 4.62. The van der Waals surface area contributed by atoms with Gasteiger partial charge in [-0.2, -0.15) is 0 Å². The second-order valence-corrected chi connectivity index (χ2v) is 13.8. The normalized spacial score (nSPS) is 11.7. The van der Waals surface area contributed by atoms with E-state index in [0.717, 1.165) is 78.0 Å². The van der Waals surface area contributed by atoms with Crippen molar-refractivity contribution in [2.75, 3.05) is 9.80 Å². The first-order valence-corrected chi connectivity index (χ1v) is 18.3. The second-order valence-electron chi connectivity index (χ2n) is 13.8. The van der Waals surface area contributed by atoms with E-state index in [1.807, 2.05) is 12.1 Å². The van der Waals surface area contributed by atoms with Crippen LogP contribution in [0.1, 0.15) is 0 Å². The molecule has 0 unspecified atom stereocenters. The molecule has 0 saturated carbocycles. The van der Waals surface area contributed by atoms with E-state index >= 15 is 0 Å². The Balaban J connectivity index is 1.16. The van der Waals surface area contributed by atoms with Gasteiger partial charge in [0, 0.05) is 44.3 Å². The molecule has 0 aliphatic carbocycles. The summed E-state index contributed by atoms with van der Waals surface area (Å²) in [5.41, 5.74) is 9.47. The molecule has 0 amide bonds. The number of fused-ring (bicyclic) bond motifs is 8. The molecule has 0 fully saturated rings. The number of benzene rings is 9. The lowest BCUT2D eigenvalue weighted by Gasteiger charge is -2.26. The van der Waals surface area contributed by atoms with E-state index in [0.29, 0.717) is 0 Å². The smallest absolute Gasteiger partial charge is 0.159 e. The predicted octanol–water partition coefficient (Wildman–Crippen LogP) is 14.7. The van der Waals surface area contributed by atoms with Crippen molar-refractivity contribution in [2.24, 2.45) is 0 Å². The Kier molecular flexibility index (Phi) is 6.82. The van der Waals surface area contributed by atoms with Gasteiger partial charge in [0.2, 0.25) is 0 Å². The maximum absolute atomic E-state index is 7.18. The zero-order valence-electron chi connectivity index (χ0n) is 29.2. The van der Waals surface area contributed by atoms with Crippen LogP contribution in [0.2, 0.25) is 0 Å². The highest BCUT2D eigenvalue weighted by atomic mass is 16.3. The van der Waals surface area contributed by atoms with Crippen molar-refractivity contribution in [2.45, 2.75) is 0 Å². The molecule has 0 bridgehead atoms. The van der Waals surface area contributed by atoms with Crippen LogP contribution < -0.4 is 9.80 Å².